The van der Waals surface area contributed by atoms with Gasteiger partial charge in [-0.15, -0.1) is 0 Å². The molecule has 1 aliphatic heterocycles. The number of anilines is 1. The highest BCUT2D eigenvalue weighted by Gasteiger charge is 2.21. The van der Waals surface area contributed by atoms with E-state index in [4.69, 9.17) is 0 Å². The molecule has 4 rings (SSSR count). The highest BCUT2D eigenvalue weighted by molar-refractivity contribution is 6.08. The monoisotopic (exact) mass is 434 g/mol. The number of phenolic OH excluding ortho intramolecular Hbond substituents is 1. The summed E-state index contributed by atoms with van der Waals surface area (Å²) in [5.41, 5.74) is 2.42. The summed E-state index contributed by atoms with van der Waals surface area (Å²) in [5, 5.41) is 9.63. The second-order valence-corrected chi connectivity index (χ2v) is 7.91. The van der Waals surface area contributed by atoms with Crippen molar-refractivity contribution in [2.45, 2.75) is 19.8 Å². The lowest BCUT2D eigenvalue weighted by Crippen LogP contribution is -2.36. The molecule has 1 aromatic carbocycles. The molecule has 2 aromatic heterocycles. The minimum Gasteiger partial charge on any atom is -0.508 e. The predicted octanol–water partition coefficient (Wildman–Crippen LogP) is 3.50. The van der Waals surface area contributed by atoms with Crippen LogP contribution in [0.25, 0.3) is 0 Å². The van der Waals surface area contributed by atoms with Crippen molar-refractivity contribution in [2.75, 3.05) is 31.1 Å². The molecule has 168 valence electrons. The van der Waals surface area contributed by atoms with Crippen molar-refractivity contribution in [3.8, 4) is 5.75 Å². The van der Waals surface area contributed by atoms with Gasteiger partial charge in [0.2, 0.25) is 11.7 Å². The second-order valence-electron chi connectivity index (χ2n) is 7.91. The van der Waals surface area contributed by atoms with Gasteiger partial charge in [-0.3, -0.25) is 14.6 Å². The smallest absolute Gasteiger partial charge is 0.227 e. The molecular formula is C25H30N4O3. The molecule has 1 saturated heterocycles. The molecular weight excluding hydrogens is 404 g/mol. The first-order chi connectivity index (χ1) is 15.5. The number of amides is 1. The first kappa shape index (κ1) is 21.5. The number of aryl methyl sites for hydroxylation is 1. The van der Waals surface area contributed by atoms with Crippen LogP contribution in [0.1, 0.15) is 36.6 Å². The number of pyridine rings is 2. The van der Waals surface area contributed by atoms with Gasteiger partial charge in [0.15, 0.2) is 0 Å². The molecule has 1 N–H and O–H groups in total. The normalized spacial score (nSPS) is 14.2. The van der Waals surface area contributed by atoms with Gasteiger partial charge in [0.1, 0.15) is 17.3 Å². The minimum atomic E-state index is -0.143. The van der Waals surface area contributed by atoms with Gasteiger partial charge in [0.25, 0.3) is 0 Å². The number of rotatable bonds is 5. The summed E-state index contributed by atoms with van der Waals surface area (Å²) in [6.07, 6.45) is 2.75. The van der Waals surface area contributed by atoms with Crippen LogP contribution in [0, 0.1) is 6.92 Å². The van der Waals surface area contributed by atoms with Gasteiger partial charge in [-0.05, 0) is 55.3 Å². The van der Waals surface area contributed by atoms with E-state index in [2.05, 4.69) is 14.9 Å². The summed E-state index contributed by atoms with van der Waals surface area (Å²) >= 11 is 0. The van der Waals surface area contributed by atoms with E-state index >= 15 is 0 Å². The van der Waals surface area contributed by atoms with Gasteiger partial charge in [0.05, 0.1) is 6.42 Å². The Bertz CT molecular complexity index is 1140. The van der Waals surface area contributed by atoms with Crippen LogP contribution < -0.4 is 4.90 Å². The van der Waals surface area contributed by atoms with Crippen LogP contribution in [0.4, 0.5) is 5.82 Å². The fourth-order valence-corrected chi connectivity index (χ4v) is 3.94. The molecule has 0 unspecified atom stereocenters. The number of carbonyl (C=O) groups excluding carboxylic acids is 2. The quantitative estimate of drug-likeness (QED) is 0.619. The van der Waals surface area contributed by atoms with Crippen LogP contribution in [-0.4, -0.2) is 57.8 Å². The molecule has 3 heterocycles. The highest BCUT2D eigenvalue weighted by Crippen LogP contribution is 2.18. The zero-order valence-electron chi connectivity index (χ0n) is 18.1. The molecule has 7 heteroatoms. The number of ketones is 1. The zero-order chi connectivity index (χ0) is 22.5. The van der Waals surface area contributed by atoms with Crippen molar-refractivity contribution in [3.63, 3.8) is 0 Å². The summed E-state index contributed by atoms with van der Waals surface area (Å²) in [7, 11) is 0. The number of aromatic hydroxyl groups is 1. The van der Waals surface area contributed by atoms with E-state index in [1.54, 1.807) is 42.6 Å². The Morgan fingerprint density at radius 2 is 1.88 bits per heavy atom. The first-order valence-corrected chi connectivity index (χ1v) is 10.8. The van der Waals surface area contributed by atoms with Gasteiger partial charge in [-0.25, -0.2) is 4.98 Å². The van der Waals surface area contributed by atoms with Gasteiger partial charge in [0, 0.05) is 46.5 Å². The Hall–Kier alpha value is -3.74. The van der Waals surface area contributed by atoms with Crippen LogP contribution in [0.3, 0.4) is 0 Å². The third-order valence-electron chi connectivity index (χ3n) is 5.66. The van der Waals surface area contributed by atoms with Gasteiger partial charge in [-0.2, -0.15) is 0 Å². The van der Waals surface area contributed by atoms with E-state index in [1.165, 1.54) is 0 Å². The summed E-state index contributed by atoms with van der Waals surface area (Å²) in [6.45, 7) is 4.46. The Balaban J connectivity index is 0.00000204. The third-order valence-corrected chi connectivity index (χ3v) is 5.66. The van der Waals surface area contributed by atoms with Crippen molar-refractivity contribution in [1.29, 1.82) is 0 Å². The highest BCUT2D eigenvalue weighted by atomic mass is 16.3. The topological polar surface area (TPSA) is 86.6 Å². The van der Waals surface area contributed by atoms with E-state index in [1.807, 2.05) is 30.0 Å². The molecule has 0 aliphatic carbocycles. The van der Waals surface area contributed by atoms with Gasteiger partial charge < -0.3 is 14.9 Å². The molecule has 0 bridgehead atoms. The summed E-state index contributed by atoms with van der Waals surface area (Å²) in [6, 6.07) is 15.8. The minimum absolute atomic E-state index is 0. The molecule has 1 amide bonds. The maximum absolute atomic E-state index is 12.9. The molecule has 3 aromatic rings. The van der Waals surface area contributed by atoms with Crippen LogP contribution in [0.15, 0.2) is 60.8 Å². The maximum atomic E-state index is 12.9. The van der Waals surface area contributed by atoms with Crippen molar-refractivity contribution in [1.82, 2.24) is 14.9 Å². The summed E-state index contributed by atoms with van der Waals surface area (Å²) < 4.78 is 0. The maximum Gasteiger partial charge on any atom is 0.227 e. The number of hydrogen-bond acceptors (Lipinski definition) is 6. The van der Waals surface area contributed by atoms with Crippen LogP contribution in [-0.2, 0) is 11.2 Å². The van der Waals surface area contributed by atoms with E-state index < -0.39 is 0 Å². The average molecular weight is 435 g/mol. The largest absolute Gasteiger partial charge is 0.508 e. The second kappa shape index (κ2) is 9.60. The molecule has 0 spiro atoms. The molecule has 1 aliphatic rings. The van der Waals surface area contributed by atoms with E-state index in [9.17, 15) is 14.7 Å². The van der Waals surface area contributed by atoms with E-state index in [-0.39, 0.29) is 26.7 Å². The van der Waals surface area contributed by atoms with E-state index in [0.29, 0.717) is 36.6 Å². The first-order valence-electron chi connectivity index (χ1n) is 10.8. The number of hydrogen-bond donors (Lipinski definition) is 1. The molecule has 0 radical (unpaired) electrons. The van der Waals surface area contributed by atoms with Crippen molar-refractivity contribution in [2.24, 2.45) is 0 Å². The number of nitrogens with zero attached hydrogens (tertiary/aromatic N) is 4. The Labute approximate surface area is 190 Å². The fraction of sp³-hybridized carbons (Fsp3) is 0.280. The lowest BCUT2D eigenvalue weighted by atomic mass is 10.1. The Morgan fingerprint density at radius 1 is 1.03 bits per heavy atom. The number of phenols is 1. The molecule has 0 saturated carbocycles. The molecule has 7 nitrogen and oxygen atoms in total. The number of aromatic nitrogens is 2. The predicted molar refractivity (Wildman–Crippen MR) is 126 cm³/mol. The Kier molecular flexibility index (Phi) is 6.44. The lowest BCUT2D eigenvalue weighted by Gasteiger charge is -2.23. The fourth-order valence-electron chi connectivity index (χ4n) is 3.94. The zero-order valence-corrected chi connectivity index (χ0v) is 18.1. The SMILES string of the molecule is Cc1ncccc1C(=O)c1cccc(N2CCCN(C(=O)Cc3cccc(O)c3)CC2)n1.[HH].[HH]. The van der Waals surface area contributed by atoms with Crippen LogP contribution in [0.5, 0.6) is 5.75 Å². The van der Waals surface area contributed by atoms with Gasteiger partial charge >= 0.3 is 0 Å². The molecule has 1 fully saturated rings. The number of benzene rings is 1. The lowest BCUT2D eigenvalue weighted by molar-refractivity contribution is -0.130. The van der Waals surface area contributed by atoms with Crippen molar-refractivity contribution < 1.29 is 17.5 Å². The summed E-state index contributed by atoms with van der Waals surface area (Å²) in [4.78, 5) is 38.5. The summed E-state index contributed by atoms with van der Waals surface area (Å²) in [5.74, 6) is 0.801. The molecule has 0 atom stereocenters. The third kappa shape index (κ3) is 4.94. The van der Waals surface area contributed by atoms with Crippen molar-refractivity contribution in [3.05, 3.63) is 83.3 Å². The van der Waals surface area contributed by atoms with Gasteiger partial charge in [-0.1, -0.05) is 18.2 Å². The van der Waals surface area contributed by atoms with E-state index in [0.717, 1.165) is 24.3 Å². The van der Waals surface area contributed by atoms with Crippen molar-refractivity contribution >= 4 is 17.5 Å². The Morgan fingerprint density at radius 3 is 2.69 bits per heavy atom. The average Bonchev–Trinajstić information content (AvgIpc) is 3.06. The van der Waals surface area contributed by atoms with Crippen LogP contribution >= 0.6 is 0 Å². The van der Waals surface area contributed by atoms with Crippen LogP contribution in [0.2, 0.25) is 0 Å². The number of carbonyl (C=O) groups is 2. The standard InChI is InChI=1S/C25H26N4O3.2H2/c1-18-21(8-4-11-26-18)25(32)22-9-3-10-23(27-22)28-12-5-13-29(15-14-28)24(31)17-19-6-2-7-20(30)16-19;;/h2-4,6-11,16,30H,5,12-15,17H2,1H3;2*1H. The molecule has 32 heavy (non-hydrogen) atoms.